The molecule has 4 nitrogen and oxygen atoms in total. The van der Waals surface area contributed by atoms with Crippen LogP contribution in [0.25, 0.3) is 0 Å². The summed E-state index contributed by atoms with van der Waals surface area (Å²) in [6, 6.07) is 1.51. The van der Waals surface area contributed by atoms with Crippen molar-refractivity contribution in [2.75, 3.05) is 0 Å². The zero-order valence-corrected chi connectivity index (χ0v) is 7.57. The van der Waals surface area contributed by atoms with Crippen molar-refractivity contribution in [1.29, 1.82) is 0 Å². The number of carbonyl (C=O) groups excluding carboxylic acids is 2. The third-order valence-electron chi connectivity index (χ3n) is 1.47. The van der Waals surface area contributed by atoms with Gasteiger partial charge in [0.1, 0.15) is 17.3 Å². The maximum absolute atomic E-state index is 11.3. The smallest absolute Gasteiger partial charge is 0.188 e. The van der Waals surface area contributed by atoms with Crippen molar-refractivity contribution in [3.8, 4) is 0 Å². The van der Waals surface area contributed by atoms with Gasteiger partial charge in [-0.05, 0) is 19.9 Å². The molecule has 0 fully saturated rings. The van der Waals surface area contributed by atoms with Gasteiger partial charge in [0.05, 0.1) is 6.42 Å². The lowest BCUT2D eigenvalue weighted by molar-refractivity contribution is -0.116. The highest BCUT2D eigenvalue weighted by atomic mass is 16.1. The maximum Gasteiger partial charge on any atom is 0.188 e. The Morgan fingerprint density at radius 2 is 2.15 bits per heavy atom. The van der Waals surface area contributed by atoms with Gasteiger partial charge in [-0.1, -0.05) is 0 Å². The summed E-state index contributed by atoms with van der Waals surface area (Å²) >= 11 is 0. The van der Waals surface area contributed by atoms with Crippen LogP contribution in [0.1, 0.15) is 29.7 Å². The minimum atomic E-state index is -0.252. The average Bonchev–Trinajstić information content (AvgIpc) is 2.03. The Labute approximate surface area is 76.0 Å². The Morgan fingerprint density at radius 3 is 2.69 bits per heavy atom. The molecule has 0 radical (unpaired) electrons. The van der Waals surface area contributed by atoms with E-state index in [2.05, 4.69) is 9.97 Å². The topological polar surface area (TPSA) is 59.9 Å². The summed E-state index contributed by atoms with van der Waals surface area (Å²) in [6.07, 6.45) is 1.42. The largest absolute Gasteiger partial charge is 0.300 e. The van der Waals surface area contributed by atoms with E-state index in [0.717, 1.165) is 0 Å². The third-order valence-corrected chi connectivity index (χ3v) is 1.47. The van der Waals surface area contributed by atoms with Gasteiger partial charge in [0.2, 0.25) is 0 Å². The lowest BCUT2D eigenvalue weighted by atomic mass is 10.1. The van der Waals surface area contributed by atoms with Crippen LogP contribution < -0.4 is 0 Å². The van der Waals surface area contributed by atoms with E-state index in [0.29, 0.717) is 11.5 Å². The fourth-order valence-corrected chi connectivity index (χ4v) is 0.928. The molecule has 1 rings (SSSR count). The number of Topliss-reactive ketones (excluding diaryl/α,β-unsaturated/α-hetero) is 2. The van der Waals surface area contributed by atoms with Crippen molar-refractivity contribution in [3.05, 3.63) is 23.8 Å². The molecule has 0 saturated heterocycles. The summed E-state index contributed by atoms with van der Waals surface area (Å²) in [5.41, 5.74) is 0.308. The number of carbonyl (C=O) groups is 2. The van der Waals surface area contributed by atoms with Gasteiger partial charge in [0.15, 0.2) is 5.78 Å². The summed E-state index contributed by atoms with van der Waals surface area (Å²) < 4.78 is 0. The average molecular weight is 178 g/mol. The minimum Gasteiger partial charge on any atom is -0.300 e. The molecule has 0 spiro atoms. The van der Waals surface area contributed by atoms with E-state index in [1.807, 2.05) is 0 Å². The molecule has 0 aromatic carbocycles. The predicted molar refractivity (Wildman–Crippen MR) is 46.4 cm³/mol. The monoisotopic (exact) mass is 178 g/mol. The Hall–Kier alpha value is -1.58. The van der Waals surface area contributed by atoms with Crippen molar-refractivity contribution in [2.24, 2.45) is 0 Å². The van der Waals surface area contributed by atoms with Gasteiger partial charge in [-0.3, -0.25) is 9.59 Å². The standard InChI is InChI=1S/C9H10N2O2/c1-6(12)5-9(13)8-3-4-10-7(2)11-8/h3-4H,5H2,1-2H3. The summed E-state index contributed by atoms with van der Waals surface area (Å²) in [6.45, 7) is 3.08. The first kappa shape index (κ1) is 9.51. The highest BCUT2D eigenvalue weighted by Gasteiger charge is 2.09. The molecule has 0 saturated carbocycles. The van der Waals surface area contributed by atoms with Crippen molar-refractivity contribution in [1.82, 2.24) is 9.97 Å². The zero-order chi connectivity index (χ0) is 9.84. The molecule has 0 aliphatic carbocycles. The molecule has 0 bridgehead atoms. The molecule has 1 heterocycles. The normalized spacial score (nSPS) is 9.69. The van der Waals surface area contributed by atoms with E-state index in [-0.39, 0.29) is 18.0 Å². The number of rotatable bonds is 3. The lowest BCUT2D eigenvalue weighted by Crippen LogP contribution is -2.08. The number of nitrogens with zero attached hydrogens (tertiary/aromatic N) is 2. The minimum absolute atomic E-state index is 0.0869. The fourth-order valence-electron chi connectivity index (χ4n) is 0.928. The zero-order valence-electron chi connectivity index (χ0n) is 7.57. The van der Waals surface area contributed by atoms with E-state index in [4.69, 9.17) is 0 Å². The predicted octanol–water partition coefficient (Wildman–Crippen LogP) is 0.947. The van der Waals surface area contributed by atoms with Gasteiger partial charge in [0, 0.05) is 6.20 Å². The number of aromatic nitrogens is 2. The second kappa shape index (κ2) is 3.89. The Kier molecular flexibility index (Phi) is 2.84. The first-order chi connectivity index (χ1) is 6.09. The van der Waals surface area contributed by atoms with E-state index < -0.39 is 0 Å². The molecular weight excluding hydrogens is 168 g/mol. The molecule has 13 heavy (non-hydrogen) atoms. The number of hydrogen-bond donors (Lipinski definition) is 0. The molecule has 68 valence electrons. The SMILES string of the molecule is CC(=O)CC(=O)c1ccnc(C)n1. The molecule has 0 atom stereocenters. The summed E-state index contributed by atoms with van der Waals surface area (Å²) in [7, 11) is 0. The van der Waals surface area contributed by atoms with Gasteiger partial charge in [-0.25, -0.2) is 9.97 Å². The van der Waals surface area contributed by atoms with Gasteiger partial charge in [-0.2, -0.15) is 0 Å². The van der Waals surface area contributed by atoms with E-state index >= 15 is 0 Å². The number of ketones is 2. The van der Waals surface area contributed by atoms with Crippen LogP contribution in [-0.2, 0) is 4.79 Å². The summed E-state index contributed by atoms with van der Waals surface area (Å²) in [5, 5.41) is 0. The Bertz CT molecular complexity index is 347. The van der Waals surface area contributed by atoms with Gasteiger partial charge < -0.3 is 0 Å². The van der Waals surface area contributed by atoms with Crippen molar-refractivity contribution in [3.63, 3.8) is 0 Å². The molecule has 0 aliphatic rings. The molecule has 1 aromatic heterocycles. The molecule has 0 aliphatic heterocycles. The maximum atomic E-state index is 11.3. The molecule has 0 N–H and O–H groups in total. The Morgan fingerprint density at radius 1 is 1.46 bits per heavy atom. The third kappa shape index (κ3) is 2.74. The van der Waals surface area contributed by atoms with Crippen LogP contribution in [-0.4, -0.2) is 21.5 Å². The molecule has 0 amide bonds. The second-order valence-electron chi connectivity index (χ2n) is 2.79. The number of hydrogen-bond acceptors (Lipinski definition) is 4. The van der Waals surface area contributed by atoms with Gasteiger partial charge in [-0.15, -0.1) is 0 Å². The first-order valence-corrected chi connectivity index (χ1v) is 3.92. The van der Waals surface area contributed by atoms with Crippen LogP contribution >= 0.6 is 0 Å². The molecular formula is C9H10N2O2. The Balaban J connectivity index is 2.83. The second-order valence-corrected chi connectivity index (χ2v) is 2.79. The summed E-state index contributed by atoms with van der Waals surface area (Å²) in [5.74, 6) is 0.133. The van der Waals surface area contributed by atoms with Crippen molar-refractivity contribution >= 4 is 11.6 Å². The van der Waals surface area contributed by atoms with Crippen molar-refractivity contribution in [2.45, 2.75) is 20.3 Å². The van der Waals surface area contributed by atoms with Crippen LogP contribution in [0, 0.1) is 6.92 Å². The van der Waals surface area contributed by atoms with Gasteiger partial charge in [0.25, 0.3) is 0 Å². The molecule has 1 aromatic rings. The first-order valence-electron chi connectivity index (χ1n) is 3.92. The van der Waals surface area contributed by atoms with Crippen LogP contribution in [0.4, 0.5) is 0 Å². The van der Waals surface area contributed by atoms with Crippen LogP contribution in [0.3, 0.4) is 0 Å². The van der Waals surface area contributed by atoms with Crippen LogP contribution in [0.2, 0.25) is 0 Å². The lowest BCUT2D eigenvalue weighted by Gasteiger charge is -1.97. The molecule has 0 unspecified atom stereocenters. The van der Waals surface area contributed by atoms with Crippen molar-refractivity contribution < 1.29 is 9.59 Å². The van der Waals surface area contributed by atoms with Crippen LogP contribution in [0.5, 0.6) is 0 Å². The molecule has 4 heteroatoms. The highest BCUT2D eigenvalue weighted by Crippen LogP contribution is 1.99. The quantitative estimate of drug-likeness (QED) is 0.510. The highest BCUT2D eigenvalue weighted by molar-refractivity contribution is 6.06. The fraction of sp³-hybridized carbons (Fsp3) is 0.333. The van der Waals surface area contributed by atoms with Crippen LogP contribution in [0.15, 0.2) is 12.3 Å². The van der Waals surface area contributed by atoms with E-state index in [1.54, 1.807) is 6.92 Å². The van der Waals surface area contributed by atoms with Gasteiger partial charge >= 0.3 is 0 Å². The summed E-state index contributed by atoms with van der Waals surface area (Å²) in [4.78, 5) is 29.7. The van der Waals surface area contributed by atoms with E-state index in [1.165, 1.54) is 19.2 Å². The van der Waals surface area contributed by atoms with E-state index in [9.17, 15) is 9.59 Å². The number of aryl methyl sites for hydroxylation is 1.